The van der Waals surface area contributed by atoms with E-state index in [4.69, 9.17) is 24.8 Å². The minimum atomic E-state index is -1.36. The number of carbonyl (C=O) groups excluding carboxylic acids is 3. The van der Waals surface area contributed by atoms with Crippen molar-refractivity contribution in [1.29, 1.82) is 0 Å². The molecule has 3 heterocycles. The summed E-state index contributed by atoms with van der Waals surface area (Å²) in [5.41, 5.74) is 4.01. The minimum Gasteiger partial charge on any atom is -0.488 e. The molecule has 3 N–H and O–H groups in total. The first-order valence-electron chi connectivity index (χ1n) is 15.3. The van der Waals surface area contributed by atoms with E-state index in [-0.39, 0.29) is 74.1 Å². The van der Waals surface area contributed by atoms with Gasteiger partial charge in [0.2, 0.25) is 5.43 Å². The van der Waals surface area contributed by atoms with Crippen LogP contribution in [0.1, 0.15) is 49.0 Å². The lowest BCUT2D eigenvalue weighted by atomic mass is 9.93. The van der Waals surface area contributed by atoms with E-state index in [9.17, 15) is 33.1 Å². The number of anilines is 1. The summed E-state index contributed by atoms with van der Waals surface area (Å²) in [6.45, 7) is 1.28. The van der Waals surface area contributed by atoms with E-state index >= 15 is 0 Å². The fourth-order valence-corrected chi connectivity index (χ4v) is 5.54. The van der Waals surface area contributed by atoms with Crippen LogP contribution in [0.25, 0.3) is 10.9 Å². The Morgan fingerprint density at radius 3 is 2.55 bits per heavy atom. The van der Waals surface area contributed by atoms with Crippen molar-refractivity contribution in [3.63, 3.8) is 0 Å². The van der Waals surface area contributed by atoms with Crippen molar-refractivity contribution in [2.24, 2.45) is 5.73 Å². The molecule has 1 aliphatic carbocycles. The molecule has 0 radical (unpaired) electrons. The number of piperidine rings is 1. The van der Waals surface area contributed by atoms with Crippen molar-refractivity contribution in [2.75, 3.05) is 37.7 Å². The number of nitrogens with two attached hydrogens (primary N) is 1. The number of amides is 1. The average Bonchev–Trinajstić information content (AvgIpc) is 3.82. The molecule has 250 valence electrons. The largest absolute Gasteiger partial charge is 0.488 e. The highest BCUT2D eigenvalue weighted by molar-refractivity contribution is 5.94. The van der Waals surface area contributed by atoms with Crippen molar-refractivity contribution in [3.05, 3.63) is 70.0 Å². The molecule has 3 fully saturated rings. The Balaban J connectivity index is 1.02. The highest BCUT2D eigenvalue weighted by Crippen LogP contribution is 2.37. The molecule has 0 spiro atoms. The van der Waals surface area contributed by atoms with Crippen LogP contribution in [0.4, 0.5) is 19.3 Å². The van der Waals surface area contributed by atoms with Crippen molar-refractivity contribution in [3.8, 4) is 5.75 Å². The summed E-state index contributed by atoms with van der Waals surface area (Å²) in [5, 5.41) is 12.5. The smallest absolute Gasteiger partial charge is 0.414 e. The second-order valence-corrected chi connectivity index (χ2v) is 12.1. The van der Waals surface area contributed by atoms with E-state index in [1.54, 1.807) is 0 Å². The number of carbonyl (C=O) groups is 3. The molecule has 2 atom stereocenters. The van der Waals surface area contributed by atoms with E-state index in [0.717, 1.165) is 25.0 Å². The van der Waals surface area contributed by atoms with Gasteiger partial charge in [0.05, 0.1) is 17.7 Å². The van der Waals surface area contributed by atoms with Gasteiger partial charge >= 0.3 is 18.0 Å². The number of hydrogen-bond donors (Lipinski definition) is 2. The predicted molar refractivity (Wildman–Crippen MR) is 162 cm³/mol. The summed E-state index contributed by atoms with van der Waals surface area (Å²) in [6, 6.07) is 7.09. The number of esters is 1. The van der Waals surface area contributed by atoms with Gasteiger partial charge in [-0.25, -0.2) is 18.4 Å². The lowest BCUT2D eigenvalue weighted by Crippen LogP contribution is -2.48. The SMILES string of the molecule is C[C@H](N)C(=O)OC[C@H]1CN(c2ccc(OCC3(O)CCN(OC(=O)c4cn(C5CC5)c5ccc(F)cc5c4=O)CC3)c(F)c2)C(=O)O1. The number of aromatic nitrogens is 1. The van der Waals surface area contributed by atoms with E-state index in [0.29, 0.717) is 5.52 Å². The Kier molecular flexibility index (Phi) is 8.87. The van der Waals surface area contributed by atoms with Gasteiger partial charge in [-0.2, -0.15) is 0 Å². The van der Waals surface area contributed by atoms with Gasteiger partial charge in [0.1, 0.15) is 36.2 Å². The van der Waals surface area contributed by atoms with Gasteiger partial charge in [-0.1, -0.05) is 0 Å². The van der Waals surface area contributed by atoms with Gasteiger partial charge < -0.3 is 34.5 Å². The highest BCUT2D eigenvalue weighted by Gasteiger charge is 2.37. The van der Waals surface area contributed by atoms with Crippen LogP contribution in [0, 0.1) is 11.6 Å². The number of benzene rings is 2. The van der Waals surface area contributed by atoms with Crippen LogP contribution in [0.5, 0.6) is 5.75 Å². The molecule has 3 aromatic rings. The molecule has 0 unspecified atom stereocenters. The maximum absolute atomic E-state index is 15.0. The average molecular weight is 657 g/mol. The number of fused-ring (bicyclic) bond motifs is 1. The second kappa shape index (κ2) is 12.9. The molecule has 1 saturated carbocycles. The van der Waals surface area contributed by atoms with Crippen molar-refractivity contribution >= 4 is 34.6 Å². The number of hydroxylamine groups is 2. The van der Waals surface area contributed by atoms with Gasteiger partial charge in [0.15, 0.2) is 17.7 Å². The number of nitrogens with zero attached hydrogens (tertiary/aromatic N) is 3. The lowest BCUT2D eigenvalue weighted by Gasteiger charge is -2.36. The number of halogens is 2. The summed E-state index contributed by atoms with van der Waals surface area (Å²) in [7, 11) is 0. The third-order valence-corrected chi connectivity index (χ3v) is 8.40. The van der Waals surface area contributed by atoms with Gasteiger partial charge in [-0.05, 0) is 62.9 Å². The Hall–Kier alpha value is -4.60. The fraction of sp³-hybridized carbons (Fsp3) is 0.438. The van der Waals surface area contributed by atoms with Gasteiger partial charge in [-0.15, -0.1) is 5.06 Å². The van der Waals surface area contributed by atoms with Crippen LogP contribution < -0.4 is 20.8 Å². The zero-order valence-electron chi connectivity index (χ0n) is 25.5. The van der Waals surface area contributed by atoms with E-state index in [1.165, 1.54) is 47.3 Å². The first kappa shape index (κ1) is 32.3. The van der Waals surface area contributed by atoms with Crippen LogP contribution in [0.3, 0.4) is 0 Å². The zero-order valence-corrected chi connectivity index (χ0v) is 25.5. The number of pyridine rings is 1. The molecule has 15 heteroatoms. The minimum absolute atomic E-state index is 0.0294. The molecular formula is C32H34F2N4O9. The highest BCUT2D eigenvalue weighted by atomic mass is 19.1. The normalized spacial score (nSPS) is 20.1. The number of cyclic esters (lactones) is 1. The van der Waals surface area contributed by atoms with Gasteiger partial charge in [0.25, 0.3) is 0 Å². The Labute approximate surface area is 267 Å². The number of rotatable bonds is 10. The van der Waals surface area contributed by atoms with E-state index in [1.807, 2.05) is 4.57 Å². The first-order valence-corrected chi connectivity index (χ1v) is 15.3. The van der Waals surface area contributed by atoms with Crippen molar-refractivity contribution in [2.45, 2.75) is 56.4 Å². The number of hydrogen-bond acceptors (Lipinski definition) is 11. The van der Waals surface area contributed by atoms with E-state index < -0.39 is 52.8 Å². The van der Waals surface area contributed by atoms with Gasteiger partial charge in [0, 0.05) is 36.8 Å². The molecule has 13 nitrogen and oxygen atoms in total. The third kappa shape index (κ3) is 7.06. The van der Waals surface area contributed by atoms with Crippen LogP contribution >= 0.6 is 0 Å². The molecule has 3 aliphatic rings. The number of aliphatic hydroxyl groups is 1. The molecular weight excluding hydrogens is 622 g/mol. The molecule has 2 aliphatic heterocycles. The fourth-order valence-electron chi connectivity index (χ4n) is 5.54. The van der Waals surface area contributed by atoms with Crippen LogP contribution in [0.15, 0.2) is 47.4 Å². The maximum Gasteiger partial charge on any atom is 0.414 e. The lowest BCUT2D eigenvalue weighted by molar-refractivity contribution is -0.159. The summed E-state index contributed by atoms with van der Waals surface area (Å²) in [6.07, 6.45) is 1.98. The molecule has 6 rings (SSSR count). The monoisotopic (exact) mass is 656 g/mol. The summed E-state index contributed by atoms with van der Waals surface area (Å²) in [4.78, 5) is 56.7. The summed E-state index contributed by atoms with van der Waals surface area (Å²) < 4.78 is 46.5. The predicted octanol–water partition coefficient (Wildman–Crippen LogP) is 2.81. The number of ether oxygens (including phenoxy) is 3. The van der Waals surface area contributed by atoms with Crippen LogP contribution in [-0.2, 0) is 19.1 Å². The zero-order chi connectivity index (χ0) is 33.5. The molecule has 47 heavy (non-hydrogen) atoms. The topological polar surface area (TPSA) is 163 Å². The Bertz CT molecular complexity index is 1770. The Morgan fingerprint density at radius 1 is 1.13 bits per heavy atom. The first-order chi connectivity index (χ1) is 22.4. The Morgan fingerprint density at radius 2 is 1.87 bits per heavy atom. The van der Waals surface area contributed by atoms with Crippen LogP contribution in [0.2, 0.25) is 0 Å². The van der Waals surface area contributed by atoms with Crippen molar-refractivity contribution in [1.82, 2.24) is 9.63 Å². The molecule has 1 aromatic heterocycles. The maximum atomic E-state index is 15.0. The quantitative estimate of drug-likeness (QED) is 0.309. The van der Waals surface area contributed by atoms with Crippen LogP contribution in [-0.4, -0.2) is 83.4 Å². The molecule has 0 bridgehead atoms. The molecule has 2 aromatic carbocycles. The summed E-state index contributed by atoms with van der Waals surface area (Å²) in [5.74, 6) is -3.02. The van der Waals surface area contributed by atoms with Gasteiger partial charge in [-0.3, -0.25) is 14.5 Å². The molecule has 2 saturated heterocycles. The summed E-state index contributed by atoms with van der Waals surface area (Å²) >= 11 is 0. The molecule has 1 amide bonds. The second-order valence-electron chi connectivity index (χ2n) is 12.1. The third-order valence-electron chi connectivity index (χ3n) is 8.40. The van der Waals surface area contributed by atoms with Crippen molar-refractivity contribution < 1.29 is 47.3 Å². The standard InChI is InChI=1S/C32H34F2N4O9/c1-18(35)29(40)44-16-22-14-38(31(42)46-22)21-5-7-27(25(34)13-21)45-17-32(43)8-10-36(11-9-32)47-30(41)24-15-37(20-3-4-20)26-6-2-19(33)12-23(26)28(24)39/h2,5-7,12-13,15,18,20,22,43H,3-4,8-11,14,16-17,35H2,1H3/t18-,22+/m0/s1. The van der Waals surface area contributed by atoms with E-state index in [2.05, 4.69) is 0 Å².